The zero-order valence-corrected chi connectivity index (χ0v) is 16.2. The number of nitrogens with zero attached hydrogens (tertiary/aromatic N) is 1. The number of primary amides is 1. The molecule has 0 atom stereocenters. The molecule has 0 saturated heterocycles. The largest absolute Gasteiger partial charge is 0.351 e. The Morgan fingerprint density at radius 1 is 1.07 bits per heavy atom. The van der Waals surface area contributed by atoms with E-state index in [0.29, 0.717) is 12.2 Å². The van der Waals surface area contributed by atoms with Gasteiger partial charge in [0.1, 0.15) is 5.00 Å². The Morgan fingerprint density at radius 2 is 1.79 bits per heavy atom. The van der Waals surface area contributed by atoms with Gasteiger partial charge in [-0.3, -0.25) is 4.79 Å². The molecule has 6 nitrogen and oxygen atoms in total. The number of nitrogens with one attached hydrogen (secondary N) is 2. The first kappa shape index (κ1) is 18.3. The van der Waals surface area contributed by atoms with Crippen molar-refractivity contribution in [2.24, 2.45) is 5.73 Å². The lowest BCUT2D eigenvalue weighted by Gasteiger charge is -2.13. The average Bonchev–Trinajstić information content (AvgIpc) is 3.34. The van der Waals surface area contributed by atoms with Crippen molar-refractivity contribution in [2.45, 2.75) is 32.2 Å². The zero-order valence-electron chi connectivity index (χ0n) is 15.4. The third-order valence-corrected chi connectivity index (χ3v) is 6.20. The van der Waals surface area contributed by atoms with Gasteiger partial charge in [0.05, 0.1) is 5.56 Å². The van der Waals surface area contributed by atoms with Crippen LogP contribution < -0.4 is 16.4 Å². The summed E-state index contributed by atoms with van der Waals surface area (Å²) >= 11 is 1.73. The number of carbonyl (C=O) groups excluding carboxylic acids is 2. The van der Waals surface area contributed by atoms with Gasteiger partial charge in [0.25, 0.3) is 5.91 Å². The molecule has 1 aliphatic carbocycles. The maximum atomic E-state index is 13.1. The number of nitrogens with two attached hydrogens (primary N) is 1. The van der Waals surface area contributed by atoms with E-state index in [1.807, 2.05) is 41.2 Å². The number of aryl methyl sites for hydroxylation is 1. The van der Waals surface area contributed by atoms with Gasteiger partial charge in [-0.2, -0.15) is 0 Å². The highest BCUT2D eigenvalue weighted by atomic mass is 32.1. The third-order valence-electron chi connectivity index (χ3n) is 4.89. The summed E-state index contributed by atoms with van der Waals surface area (Å²) in [5.74, 6) is -0.0394. The second-order valence-corrected chi connectivity index (χ2v) is 7.93. The van der Waals surface area contributed by atoms with Crippen LogP contribution in [0.5, 0.6) is 0 Å². The molecule has 144 valence electrons. The van der Waals surface area contributed by atoms with Gasteiger partial charge in [-0.25, -0.2) is 4.79 Å². The Bertz CT molecular complexity index is 990. The maximum Gasteiger partial charge on any atom is 0.316 e. The van der Waals surface area contributed by atoms with Gasteiger partial charge in [-0.1, -0.05) is 12.1 Å². The van der Waals surface area contributed by atoms with Crippen molar-refractivity contribution >= 4 is 29.0 Å². The lowest BCUT2D eigenvalue weighted by atomic mass is 9.95. The summed E-state index contributed by atoms with van der Waals surface area (Å²) in [5, 5.41) is 6.58. The monoisotopic (exact) mass is 394 g/mol. The van der Waals surface area contributed by atoms with Crippen LogP contribution in [0.15, 0.2) is 48.8 Å². The molecule has 4 N–H and O–H groups in total. The quantitative estimate of drug-likeness (QED) is 0.614. The minimum Gasteiger partial charge on any atom is -0.351 e. The Balaban J connectivity index is 1.53. The number of amides is 3. The van der Waals surface area contributed by atoms with E-state index in [1.165, 1.54) is 16.9 Å². The highest BCUT2D eigenvalue weighted by Gasteiger charge is 2.25. The molecule has 4 rings (SSSR count). The number of thiophene rings is 1. The summed E-state index contributed by atoms with van der Waals surface area (Å²) < 4.78 is 2.03. The van der Waals surface area contributed by atoms with Crippen molar-refractivity contribution in [1.82, 2.24) is 9.88 Å². The molecule has 0 bridgehead atoms. The van der Waals surface area contributed by atoms with Crippen LogP contribution in [0.1, 0.15) is 39.2 Å². The van der Waals surface area contributed by atoms with Crippen LogP contribution in [-0.4, -0.2) is 16.5 Å². The standard InChI is InChI=1S/C21H22N4O2S/c22-21(27)24-15-9-7-14(8-10-15)13-23-19(26)18-16-5-1-2-6-17(16)28-20(18)25-11-3-4-12-25/h3-4,7-12H,1-2,5-6,13H2,(H,23,26)(H3,22,24,27). The Morgan fingerprint density at radius 3 is 2.50 bits per heavy atom. The topological polar surface area (TPSA) is 89.2 Å². The predicted molar refractivity (Wildman–Crippen MR) is 111 cm³/mol. The summed E-state index contributed by atoms with van der Waals surface area (Å²) in [5.41, 5.74) is 8.72. The summed E-state index contributed by atoms with van der Waals surface area (Å²) in [6.45, 7) is 0.422. The molecule has 0 fully saturated rings. The molecule has 0 saturated carbocycles. The van der Waals surface area contributed by atoms with Crippen molar-refractivity contribution in [3.8, 4) is 5.00 Å². The number of hydrogen-bond acceptors (Lipinski definition) is 3. The van der Waals surface area contributed by atoms with Crippen LogP contribution in [0, 0.1) is 0 Å². The van der Waals surface area contributed by atoms with E-state index in [2.05, 4.69) is 10.6 Å². The number of hydrogen-bond donors (Lipinski definition) is 3. The average molecular weight is 395 g/mol. The fourth-order valence-electron chi connectivity index (χ4n) is 3.56. The Kier molecular flexibility index (Phi) is 5.16. The smallest absolute Gasteiger partial charge is 0.316 e. The van der Waals surface area contributed by atoms with Gasteiger partial charge >= 0.3 is 6.03 Å². The van der Waals surface area contributed by atoms with Crippen LogP contribution in [0.4, 0.5) is 10.5 Å². The molecule has 1 aromatic carbocycles. The lowest BCUT2D eigenvalue weighted by molar-refractivity contribution is 0.0950. The summed E-state index contributed by atoms with van der Waals surface area (Å²) in [6, 6.07) is 10.6. The molecule has 0 aliphatic heterocycles. The molecule has 3 aromatic rings. The molecule has 0 radical (unpaired) electrons. The van der Waals surface area contributed by atoms with E-state index in [4.69, 9.17) is 5.73 Å². The highest BCUT2D eigenvalue weighted by molar-refractivity contribution is 7.15. The number of anilines is 1. The molecule has 28 heavy (non-hydrogen) atoms. The van der Waals surface area contributed by atoms with E-state index < -0.39 is 6.03 Å². The van der Waals surface area contributed by atoms with Gasteiger partial charge < -0.3 is 20.9 Å². The highest BCUT2D eigenvalue weighted by Crippen LogP contribution is 2.36. The molecule has 2 heterocycles. The first-order chi connectivity index (χ1) is 13.6. The van der Waals surface area contributed by atoms with Crippen molar-refractivity contribution in [3.63, 3.8) is 0 Å². The number of rotatable bonds is 5. The number of carbonyl (C=O) groups is 2. The second kappa shape index (κ2) is 7.90. The Hall–Kier alpha value is -3.06. The molecule has 2 aromatic heterocycles. The molecule has 3 amide bonds. The van der Waals surface area contributed by atoms with Crippen LogP contribution in [0.3, 0.4) is 0 Å². The minimum atomic E-state index is -0.596. The Labute approximate surface area is 167 Å². The number of aromatic nitrogens is 1. The van der Waals surface area contributed by atoms with Crippen LogP contribution in [0.25, 0.3) is 5.00 Å². The van der Waals surface area contributed by atoms with E-state index in [0.717, 1.165) is 35.4 Å². The first-order valence-corrected chi connectivity index (χ1v) is 10.1. The molecule has 1 aliphatic rings. The van der Waals surface area contributed by atoms with Crippen molar-refractivity contribution in [1.29, 1.82) is 0 Å². The normalized spacial score (nSPS) is 13.0. The van der Waals surface area contributed by atoms with Gasteiger partial charge in [0.2, 0.25) is 0 Å². The lowest BCUT2D eigenvalue weighted by Crippen LogP contribution is -2.25. The second-order valence-electron chi connectivity index (χ2n) is 6.85. The van der Waals surface area contributed by atoms with Crippen molar-refractivity contribution < 1.29 is 9.59 Å². The van der Waals surface area contributed by atoms with Crippen molar-refractivity contribution in [3.05, 3.63) is 70.4 Å². The van der Waals surface area contributed by atoms with Crippen LogP contribution in [-0.2, 0) is 19.4 Å². The van der Waals surface area contributed by atoms with Gasteiger partial charge in [-0.05, 0) is 61.1 Å². The summed E-state index contributed by atoms with van der Waals surface area (Å²) in [7, 11) is 0. The zero-order chi connectivity index (χ0) is 19.5. The molecule has 7 heteroatoms. The van der Waals surface area contributed by atoms with E-state index in [1.54, 1.807) is 23.5 Å². The molecule has 0 spiro atoms. The van der Waals surface area contributed by atoms with Gasteiger partial charge in [0, 0.05) is 29.5 Å². The fourth-order valence-corrected chi connectivity index (χ4v) is 4.91. The summed E-state index contributed by atoms with van der Waals surface area (Å²) in [6.07, 6.45) is 8.30. The predicted octanol–water partition coefficient (Wildman–Crippen LogP) is 3.84. The molecular weight excluding hydrogens is 372 g/mol. The number of benzene rings is 1. The van der Waals surface area contributed by atoms with E-state index in [9.17, 15) is 9.59 Å². The maximum absolute atomic E-state index is 13.1. The van der Waals surface area contributed by atoms with E-state index >= 15 is 0 Å². The van der Waals surface area contributed by atoms with Crippen LogP contribution in [0.2, 0.25) is 0 Å². The van der Waals surface area contributed by atoms with Crippen LogP contribution >= 0.6 is 11.3 Å². The van der Waals surface area contributed by atoms with E-state index in [-0.39, 0.29) is 5.91 Å². The van der Waals surface area contributed by atoms with Gasteiger partial charge in [-0.15, -0.1) is 11.3 Å². The fraction of sp³-hybridized carbons (Fsp3) is 0.238. The number of urea groups is 1. The minimum absolute atomic E-state index is 0.0394. The van der Waals surface area contributed by atoms with Crippen molar-refractivity contribution in [2.75, 3.05) is 5.32 Å². The summed E-state index contributed by atoms with van der Waals surface area (Å²) in [4.78, 5) is 25.3. The number of fused-ring (bicyclic) bond motifs is 1. The SMILES string of the molecule is NC(=O)Nc1ccc(CNC(=O)c2c(-n3cccc3)sc3c2CCCC3)cc1. The third kappa shape index (κ3) is 3.80. The molecular formula is C21H22N4O2S. The first-order valence-electron chi connectivity index (χ1n) is 9.33. The molecule has 0 unspecified atom stereocenters. The van der Waals surface area contributed by atoms with Gasteiger partial charge in [0.15, 0.2) is 0 Å².